The van der Waals surface area contributed by atoms with Crippen molar-refractivity contribution in [2.45, 2.75) is 6.92 Å². The molecular formula is C22H20N4O2. The Morgan fingerprint density at radius 1 is 1.14 bits per heavy atom. The molecule has 140 valence electrons. The van der Waals surface area contributed by atoms with Crippen LogP contribution >= 0.6 is 0 Å². The monoisotopic (exact) mass is 372 g/mol. The average Bonchev–Trinajstić information content (AvgIpc) is 2.71. The molecule has 0 aliphatic carbocycles. The molecule has 0 bridgehead atoms. The summed E-state index contributed by atoms with van der Waals surface area (Å²) in [7, 11) is 0. The largest absolute Gasteiger partial charge is 0.355 e. The Hall–Kier alpha value is -3.85. The van der Waals surface area contributed by atoms with Crippen LogP contribution in [0.2, 0.25) is 0 Å². The van der Waals surface area contributed by atoms with Gasteiger partial charge in [0.15, 0.2) is 0 Å². The van der Waals surface area contributed by atoms with Crippen LogP contribution in [0.25, 0.3) is 5.57 Å². The van der Waals surface area contributed by atoms with Crippen LogP contribution in [0, 0.1) is 11.3 Å². The number of nitrogens with one attached hydrogen (secondary N) is 2. The molecule has 2 N–H and O–H groups in total. The molecule has 2 aromatic carbocycles. The van der Waals surface area contributed by atoms with Gasteiger partial charge in [0, 0.05) is 48.1 Å². The van der Waals surface area contributed by atoms with Crippen LogP contribution in [0.4, 0.5) is 11.4 Å². The Kier molecular flexibility index (Phi) is 5.56. The highest BCUT2D eigenvalue weighted by Gasteiger charge is 2.25. The van der Waals surface area contributed by atoms with E-state index in [1.165, 1.54) is 18.0 Å². The Morgan fingerprint density at radius 2 is 1.71 bits per heavy atom. The van der Waals surface area contributed by atoms with Crippen molar-refractivity contribution in [3.05, 3.63) is 78.0 Å². The SMILES string of the molecule is C=CN(CCNC(=O)C(C#N)=C1c2ccccc2Nc2ccccc21)C(C)=O. The molecule has 1 aliphatic heterocycles. The number of amides is 2. The Morgan fingerprint density at radius 3 is 2.21 bits per heavy atom. The predicted octanol–water partition coefficient (Wildman–Crippen LogP) is 3.18. The maximum Gasteiger partial charge on any atom is 0.262 e. The van der Waals surface area contributed by atoms with Crippen molar-refractivity contribution >= 4 is 28.8 Å². The number of carbonyl (C=O) groups is 2. The summed E-state index contributed by atoms with van der Waals surface area (Å²) in [5.74, 6) is -0.638. The third-order valence-electron chi connectivity index (χ3n) is 4.51. The van der Waals surface area contributed by atoms with Gasteiger partial charge in [-0.2, -0.15) is 5.26 Å². The van der Waals surface area contributed by atoms with E-state index in [1.54, 1.807) is 0 Å². The van der Waals surface area contributed by atoms with Gasteiger partial charge in [-0.3, -0.25) is 9.59 Å². The highest BCUT2D eigenvalue weighted by molar-refractivity contribution is 6.12. The first-order valence-corrected chi connectivity index (χ1v) is 8.85. The molecule has 0 fully saturated rings. The molecule has 3 rings (SSSR count). The van der Waals surface area contributed by atoms with Crippen molar-refractivity contribution in [3.8, 4) is 6.07 Å². The van der Waals surface area contributed by atoms with Crippen molar-refractivity contribution in [1.29, 1.82) is 5.26 Å². The standard InChI is InChI=1S/C22H20N4O2/c1-3-26(15(2)27)13-12-24-22(28)18(14-23)21-16-8-4-6-10-19(16)25-20-11-7-5-9-17(20)21/h3-11,25H,1,12-13H2,2H3,(H,24,28). The van der Waals surface area contributed by atoms with Crippen LogP contribution in [0.15, 0.2) is 66.9 Å². The number of benzene rings is 2. The first kappa shape index (κ1) is 18.9. The lowest BCUT2D eigenvalue weighted by molar-refractivity contribution is -0.126. The molecule has 0 saturated heterocycles. The van der Waals surface area contributed by atoms with Gasteiger partial charge < -0.3 is 15.5 Å². The molecule has 2 amide bonds. The van der Waals surface area contributed by atoms with Crippen molar-refractivity contribution in [1.82, 2.24) is 10.2 Å². The Labute approximate surface area is 163 Å². The molecule has 6 nitrogen and oxygen atoms in total. The maximum absolute atomic E-state index is 12.8. The number of nitrogens with zero attached hydrogens (tertiary/aromatic N) is 2. The van der Waals surface area contributed by atoms with E-state index in [9.17, 15) is 14.9 Å². The molecule has 0 spiro atoms. The number of fused-ring (bicyclic) bond motifs is 2. The lowest BCUT2D eigenvalue weighted by Gasteiger charge is -2.25. The van der Waals surface area contributed by atoms with E-state index < -0.39 is 5.91 Å². The zero-order valence-electron chi connectivity index (χ0n) is 15.5. The summed E-state index contributed by atoms with van der Waals surface area (Å²) in [5, 5.41) is 15.8. The summed E-state index contributed by atoms with van der Waals surface area (Å²) in [6.45, 7) is 5.50. The first-order valence-electron chi connectivity index (χ1n) is 8.85. The van der Waals surface area contributed by atoms with Crippen LogP contribution in [-0.2, 0) is 9.59 Å². The molecule has 0 saturated carbocycles. The van der Waals surface area contributed by atoms with Gasteiger partial charge in [0.25, 0.3) is 5.91 Å². The van der Waals surface area contributed by atoms with Gasteiger partial charge in [0.05, 0.1) is 0 Å². The van der Waals surface area contributed by atoms with Crippen LogP contribution < -0.4 is 10.6 Å². The van der Waals surface area contributed by atoms with Gasteiger partial charge >= 0.3 is 0 Å². The van der Waals surface area contributed by atoms with Gasteiger partial charge in [0.2, 0.25) is 5.91 Å². The smallest absolute Gasteiger partial charge is 0.262 e. The van der Waals surface area contributed by atoms with E-state index in [2.05, 4.69) is 23.3 Å². The second-order valence-electron chi connectivity index (χ2n) is 6.23. The number of para-hydroxylation sites is 2. The van der Waals surface area contributed by atoms with Crippen LogP contribution in [0.1, 0.15) is 18.1 Å². The van der Waals surface area contributed by atoms with Crippen molar-refractivity contribution in [3.63, 3.8) is 0 Å². The lowest BCUT2D eigenvalue weighted by Crippen LogP contribution is -2.35. The number of anilines is 2. The lowest BCUT2D eigenvalue weighted by atomic mass is 9.88. The molecule has 1 aliphatic rings. The van der Waals surface area contributed by atoms with E-state index in [0.29, 0.717) is 5.57 Å². The maximum atomic E-state index is 12.8. The van der Waals surface area contributed by atoms with E-state index >= 15 is 0 Å². The van der Waals surface area contributed by atoms with Gasteiger partial charge in [-0.15, -0.1) is 0 Å². The normalized spacial score (nSPS) is 11.2. The van der Waals surface area contributed by atoms with Crippen molar-refractivity contribution in [2.24, 2.45) is 0 Å². The molecule has 2 aromatic rings. The topological polar surface area (TPSA) is 85.2 Å². The van der Waals surface area contributed by atoms with E-state index in [0.717, 1.165) is 22.5 Å². The van der Waals surface area contributed by atoms with Gasteiger partial charge in [-0.1, -0.05) is 43.0 Å². The zero-order chi connectivity index (χ0) is 20.1. The fourth-order valence-electron chi connectivity index (χ4n) is 3.16. The molecule has 28 heavy (non-hydrogen) atoms. The molecule has 1 heterocycles. The van der Waals surface area contributed by atoms with Gasteiger partial charge in [-0.25, -0.2) is 0 Å². The number of hydrogen-bond acceptors (Lipinski definition) is 4. The zero-order valence-corrected chi connectivity index (χ0v) is 15.5. The molecule has 0 aromatic heterocycles. The van der Waals surface area contributed by atoms with E-state index in [-0.39, 0.29) is 24.6 Å². The summed E-state index contributed by atoms with van der Waals surface area (Å²) in [6, 6.07) is 17.2. The van der Waals surface area contributed by atoms with E-state index in [4.69, 9.17) is 0 Å². The minimum absolute atomic E-state index is 0.0365. The highest BCUT2D eigenvalue weighted by atomic mass is 16.2. The predicted molar refractivity (Wildman–Crippen MR) is 108 cm³/mol. The first-order chi connectivity index (χ1) is 13.6. The van der Waals surface area contributed by atoms with E-state index in [1.807, 2.05) is 48.5 Å². The fraction of sp³-hybridized carbons (Fsp3) is 0.136. The van der Waals surface area contributed by atoms with Gasteiger partial charge in [0.1, 0.15) is 11.6 Å². The molecule has 0 unspecified atom stereocenters. The van der Waals surface area contributed by atoms with Crippen LogP contribution in [0.5, 0.6) is 0 Å². The number of rotatable bonds is 5. The highest BCUT2D eigenvalue weighted by Crippen LogP contribution is 2.41. The van der Waals surface area contributed by atoms with Crippen LogP contribution in [0.3, 0.4) is 0 Å². The minimum Gasteiger partial charge on any atom is -0.355 e. The summed E-state index contributed by atoms with van der Waals surface area (Å²) < 4.78 is 0. The molecule has 0 radical (unpaired) electrons. The second kappa shape index (κ2) is 8.23. The van der Waals surface area contributed by atoms with Gasteiger partial charge in [-0.05, 0) is 18.3 Å². The van der Waals surface area contributed by atoms with Crippen molar-refractivity contribution < 1.29 is 9.59 Å². The number of carbonyl (C=O) groups excluding carboxylic acids is 2. The Balaban J connectivity index is 1.96. The second-order valence-corrected chi connectivity index (χ2v) is 6.23. The summed E-state index contributed by atoms with van der Waals surface area (Å²) in [5.41, 5.74) is 3.90. The summed E-state index contributed by atoms with van der Waals surface area (Å²) in [4.78, 5) is 25.6. The third-order valence-corrected chi connectivity index (χ3v) is 4.51. The molecule has 0 atom stereocenters. The number of hydrogen-bond donors (Lipinski definition) is 2. The average molecular weight is 372 g/mol. The quantitative estimate of drug-likeness (QED) is 0.532. The minimum atomic E-state index is -0.475. The van der Waals surface area contributed by atoms with Crippen LogP contribution in [-0.4, -0.2) is 29.8 Å². The third kappa shape index (κ3) is 3.64. The Bertz CT molecular complexity index is 970. The summed E-state index contributed by atoms with van der Waals surface area (Å²) in [6.07, 6.45) is 1.41. The molecule has 6 heteroatoms. The molecular weight excluding hydrogens is 352 g/mol. The summed E-state index contributed by atoms with van der Waals surface area (Å²) >= 11 is 0. The fourth-order valence-corrected chi connectivity index (χ4v) is 3.16. The van der Waals surface area contributed by atoms with Crippen molar-refractivity contribution in [2.75, 3.05) is 18.4 Å². The number of nitriles is 1.